The zero-order valence-corrected chi connectivity index (χ0v) is 22.7. The van der Waals surface area contributed by atoms with Gasteiger partial charge in [-0.15, -0.1) is 0 Å². The van der Waals surface area contributed by atoms with E-state index in [1.165, 1.54) is 0 Å². The zero-order chi connectivity index (χ0) is 25.5. The van der Waals surface area contributed by atoms with Crippen LogP contribution in [0.2, 0.25) is 5.02 Å². The number of carbonyl (C=O) groups excluding carboxylic acids is 2. The van der Waals surface area contributed by atoms with E-state index in [-0.39, 0.29) is 18.0 Å². The molecule has 1 aliphatic heterocycles. The summed E-state index contributed by atoms with van der Waals surface area (Å²) in [6.45, 7) is 4.99. The number of amides is 1. The molecule has 3 aromatic rings. The number of nitrogens with one attached hydrogen (secondary N) is 2. The zero-order valence-electron chi connectivity index (χ0n) is 20.4. The average Bonchev–Trinajstić information content (AvgIpc) is 3.22. The minimum Gasteiger partial charge on any atom is -0.462 e. The van der Waals surface area contributed by atoms with Gasteiger partial charge in [-0.3, -0.25) is 9.59 Å². The van der Waals surface area contributed by atoms with Gasteiger partial charge in [0.15, 0.2) is 0 Å². The molecule has 6 nitrogen and oxygen atoms in total. The lowest BCUT2D eigenvalue weighted by atomic mass is 10.1. The van der Waals surface area contributed by atoms with Gasteiger partial charge >= 0.3 is 5.97 Å². The first-order valence-corrected chi connectivity index (χ1v) is 13.5. The summed E-state index contributed by atoms with van der Waals surface area (Å²) >= 11 is 9.51. The van der Waals surface area contributed by atoms with Crippen molar-refractivity contribution in [1.82, 2.24) is 15.2 Å². The van der Waals surface area contributed by atoms with Crippen LogP contribution < -0.4 is 5.32 Å². The lowest BCUT2D eigenvalue weighted by Crippen LogP contribution is -2.42. The van der Waals surface area contributed by atoms with E-state index in [1.54, 1.807) is 0 Å². The SMILES string of the molecule is CCCC(=O)OC1CCN(CCNC(=O)c2c(C=Cc3ccc(Cl)cc3)[nH]c3cc(Br)ccc23)CC1. The molecule has 0 saturated carbocycles. The number of carbonyl (C=O) groups is 2. The quantitative estimate of drug-likeness (QED) is 0.296. The molecule has 190 valence electrons. The van der Waals surface area contributed by atoms with Gasteiger partial charge < -0.3 is 19.9 Å². The predicted octanol–water partition coefficient (Wildman–Crippen LogP) is 6.29. The smallest absolute Gasteiger partial charge is 0.306 e. The van der Waals surface area contributed by atoms with Crippen molar-refractivity contribution in [3.63, 3.8) is 0 Å². The number of halogens is 2. The van der Waals surface area contributed by atoms with Gasteiger partial charge in [-0.1, -0.05) is 58.7 Å². The molecule has 1 aromatic heterocycles. The maximum Gasteiger partial charge on any atom is 0.306 e. The highest BCUT2D eigenvalue weighted by Gasteiger charge is 2.22. The molecule has 0 radical (unpaired) electrons. The molecule has 36 heavy (non-hydrogen) atoms. The van der Waals surface area contributed by atoms with Gasteiger partial charge in [0.25, 0.3) is 5.91 Å². The number of rotatable bonds is 9. The van der Waals surface area contributed by atoms with E-state index in [0.717, 1.165) is 65.5 Å². The highest BCUT2D eigenvalue weighted by atomic mass is 79.9. The summed E-state index contributed by atoms with van der Waals surface area (Å²) < 4.78 is 6.48. The Morgan fingerprint density at radius 1 is 1.17 bits per heavy atom. The third-order valence-electron chi connectivity index (χ3n) is 6.33. The molecule has 0 atom stereocenters. The van der Waals surface area contributed by atoms with Crippen LogP contribution in [0, 0.1) is 0 Å². The fourth-order valence-corrected chi connectivity index (χ4v) is 4.92. The maximum absolute atomic E-state index is 13.3. The van der Waals surface area contributed by atoms with Crippen molar-refractivity contribution in [3.8, 4) is 0 Å². The number of ether oxygens (including phenoxy) is 1. The summed E-state index contributed by atoms with van der Waals surface area (Å²) in [4.78, 5) is 30.7. The van der Waals surface area contributed by atoms with Crippen molar-refractivity contribution in [2.75, 3.05) is 26.2 Å². The van der Waals surface area contributed by atoms with Crippen molar-refractivity contribution in [2.24, 2.45) is 0 Å². The normalized spacial score (nSPS) is 15.0. The number of esters is 1. The summed E-state index contributed by atoms with van der Waals surface area (Å²) in [5.41, 5.74) is 3.27. The van der Waals surface area contributed by atoms with E-state index in [1.807, 2.05) is 61.5 Å². The minimum absolute atomic E-state index is 0.00965. The first kappa shape index (κ1) is 26.5. The van der Waals surface area contributed by atoms with Crippen LogP contribution >= 0.6 is 27.5 Å². The number of benzene rings is 2. The molecular weight excluding hydrogens is 542 g/mol. The fraction of sp³-hybridized carbons (Fsp3) is 0.357. The van der Waals surface area contributed by atoms with E-state index >= 15 is 0 Å². The lowest BCUT2D eigenvalue weighted by molar-refractivity contribution is -0.151. The Bertz CT molecular complexity index is 1230. The van der Waals surface area contributed by atoms with Gasteiger partial charge in [-0.25, -0.2) is 0 Å². The molecule has 0 unspecified atom stereocenters. The first-order valence-electron chi connectivity index (χ1n) is 12.4. The first-order chi connectivity index (χ1) is 17.4. The second kappa shape index (κ2) is 12.6. The Morgan fingerprint density at radius 3 is 2.64 bits per heavy atom. The molecule has 1 aliphatic rings. The molecule has 0 aliphatic carbocycles. The number of likely N-dealkylation sites (tertiary alicyclic amines) is 1. The third kappa shape index (κ3) is 6.99. The number of hydrogen-bond donors (Lipinski definition) is 2. The second-order valence-corrected chi connectivity index (χ2v) is 10.4. The molecule has 0 spiro atoms. The topological polar surface area (TPSA) is 74.4 Å². The average molecular weight is 573 g/mol. The number of piperidine rings is 1. The fourth-order valence-electron chi connectivity index (χ4n) is 4.43. The van der Waals surface area contributed by atoms with Crippen LogP contribution in [-0.2, 0) is 9.53 Å². The molecule has 2 aromatic carbocycles. The minimum atomic E-state index is -0.109. The summed E-state index contributed by atoms with van der Waals surface area (Å²) in [6, 6.07) is 13.4. The number of nitrogens with zero attached hydrogens (tertiary/aromatic N) is 1. The Morgan fingerprint density at radius 2 is 1.92 bits per heavy atom. The highest BCUT2D eigenvalue weighted by Crippen LogP contribution is 2.27. The van der Waals surface area contributed by atoms with Crippen LogP contribution in [0.3, 0.4) is 0 Å². The molecule has 0 bridgehead atoms. The number of hydrogen-bond acceptors (Lipinski definition) is 4. The molecule has 1 saturated heterocycles. The van der Waals surface area contributed by atoms with E-state index in [0.29, 0.717) is 23.6 Å². The molecule has 2 N–H and O–H groups in total. The number of aromatic nitrogens is 1. The van der Waals surface area contributed by atoms with Gasteiger partial charge in [0.05, 0.1) is 11.3 Å². The van der Waals surface area contributed by atoms with Crippen LogP contribution in [0.4, 0.5) is 0 Å². The molecule has 2 heterocycles. The number of fused-ring (bicyclic) bond motifs is 1. The second-order valence-electron chi connectivity index (χ2n) is 9.03. The Balaban J connectivity index is 1.38. The number of H-pyrrole nitrogens is 1. The van der Waals surface area contributed by atoms with E-state index in [9.17, 15) is 9.59 Å². The van der Waals surface area contributed by atoms with E-state index in [2.05, 4.69) is 31.1 Å². The predicted molar refractivity (Wildman–Crippen MR) is 149 cm³/mol. The molecular formula is C28H31BrClN3O3. The van der Waals surface area contributed by atoms with Crippen molar-refractivity contribution >= 4 is 62.5 Å². The largest absolute Gasteiger partial charge is 0.462 e. The van der Waals surface area contributed by atoms with E-state index in [4.69, 9.17) is 16.3 Å². The van der Waals surface area contributed by atoms with Crippen molar-refractivity contribution in [1.29, 1.82) is 0 Å². The summed E-state index contributed by atoms with van der Waals surface area (Å²) in [5, 5.41) is 4.66. The van der Waals surface area contributed by atoms with Gasteiger partial charge in [-0.2, -0.15) is 0 Å². The monoisotopic (exact) mass is 571 g/mol. The Labute approximate surface area is 225 Å². The van der Waals surface area contributed by atoms with Crippen molar-refractivity contribution in [2.45, 2.75) is 38.7 Å². The standard InChI is InChI=1S/C28H31BrClN3O3/c1-2-3-26(34)36-22-12-15-33(16-13-22)17-14-31-28(35)27-23-10-7-20(29)18-25(23)32-24(27)11-6-19-4-8-21(30)9-5-19/h4-11,18,22,32H,2-3,12-17H2,1H3,(H,31,35). The molecule has 4 rings (SSSR count). The maximum atomic E-state index is 13.3. The molecule has 1 fully saturated rings. The van der Waals surface area contributed by atoms with Crippen LogP contribution in [0.25, 0.3) is 23.1 Å². The number of aromatic amines is 1. The van der Waals surface area contributed by atoms with Crippen LogP contribution in [0.15, 0.2) is 46.9 Å². The van der Waals surface area contributed by atoms with Crippen molar-refractivity contribution in [3.05, 3.63) is 68.8 Å². The van der Waals surface area contributed by atoms with Crippen LogP contribution in [-0.4, -0.2) is 54.0 Å². The molecule has 1 amide bonds. The third-order valence-corrected chi connectivity index (χ3v) is 7.07. The Kier molecular flexibility index (Phi) is 9.24. The summed E-state index contributed by atoms with van der Waals surface area (Å²) in [6.07, 6.45) is 6.86. The summed E-state index contributed by atoms with van der Waals surface area (Å²) in [5.74, 6) is -0.211. The van der Waals surface area contributed by atoms with Gasteiger partial charge in [0.2, 0.25) is 0 Å². The lowest BCUT2D eigenvalue weighted by Gasteiger charge is -2.31. The van der Waals surface area contributed by atoms with Gasteiger partial charge in [0, 0.05) is 53.0 Å². The molecule has 8 heteroatoms. The van der Waals surface area contributed by atoms with Crippen LogP contribution in [0.5, 0.6) is 0 Å². The van der Waals surface area contributed by atoms with Crippen molar-refractivity contribution < 1.29 is 14.3 Å². The summed E-state index contributed by atoms with van der Waals surface area (Å²) in [7, 11) is 0. The highest BCUT2D eigenvalue weighted by molar-refractivity contribution is 9.10. The van der Waals surface area contributed by atoms with Gasteiger partial charge in [0.1, 0.15) is 6.10 Å². The van der Waals surface area contributed by atoms with Gasteiger partial charge in [-0.05, 0) is 55.2 Å². The Hall–Kier alpha value is -2.61. The van der Waals surface area contributed by atoms with Crippen LogP contribution in [0.1, 0.15) is 54.2 Å². The van der Waals surface area contributed by atoms with E-state index < -0.39 is 0 Å².